The topological polar surface area (TPSA) is 9.23 Å². The van der Waals surface area contributed by atoms with E-state index in [1.807, 2.05) is 6.92 Å². The molecule has 2 unspecified atom stereocenters. The Balaban J connectivity index is 2.89. The molecule has 1 rings (SSSR count). The largest absolute Gasteiger partial charge is 0.494 e. The van der Waals surface area contributed by atoms with E-state index >= 15 is 0 Å². The molecule has 2 heteroatoms. The summed E-state index contributed by atoms with van der Waals surface area (Å²) in [7, 11) is 0. The van der Waals surface area contributed by atoms with Crippen LogP contribution in [0, 0.1) is 12.8 Å². The third kappa shape index (κ3) is 4.34. The number of hydrogen-bond donors (Lipinski definition) is 0. The first-order valence-corrected chi connectivity index (χ1v) is 7.37. The van der Waals surface area contributed by atoms with E-state index in [-0.39, 0.29) is 0 Å². The van der Waals surface area contributed by atoms with Crippen LogP contribution in [0.15, 0.2) is 18.2 Å². The number of ether oxygens (including phenoxy) is 1. The summed E-state index contributed by atoms with van der Waals surface area (Å²) in [6, 6.07) is 6.42. The summed E-state index contributed by atoms with van der Waals surface area (Å²) in [6.07, 6.45) is 2.37. The second-order valence-corrected chi connectivity index (χ2v) is 5.80. The summed E-state index contributed by atoms with van der Waals surface area (Å²) < 4.78 is 5.70. The van der Waals surface area contributed by atoms with Gasteiger partial charge in [-0.25, -0.2) is 0 Å². The smallest absolute Gasteiger partial charge is 0.123 e. The van der Waals surface area contributed by atoms with E-state index in [0.717, 1.165) is 24.7 Å². The van der Waals surface area contributed by atoms with Crippen molar-refractivity contribution in [3.05, 3.63) is 29.3 Å². The molecule has 96 valence electrons. The van der Waals surface area contributed by atoms with Crippen molar-refractivity contribution in [1.29, 1.82) is 0 Å². The minimum Gasteiger partial charge on any atom is -0.494 e. The Labute approximate surface area is 114 Å². The van der Waals surface area contributed by atoms with Crippen molar-refractivity contribution in [2.45, 2.75) is 45.4 Å². The summed E-state index contributed by atoms with van der Waals surface area (Å²) >= 11 is 3.80. The zero-order valence-electron chi connectivity index (χ0n) is 11.3. The van der Waals surface area contributed by atoms with Gasteiger partial charge in [0.1, 0.15) is 5.75 Å². The van der Waals surface area contributed by atoms with Gasteiger partial charge in [-0.05, 0) is 32.3 Å². The lowest BCUT2D eigenvalue weighted by Crippen LogP contribution is -2.03. The fraction of sp³-hybridized carbons (Fsp3) is 0.600. The minimum absolute atomic E-state index is 0.388. The lowest BCUT2D eigenvalue weighted by atomic mass is 9.97. The molecule has 0 bridgehead atoms. The Bertz CT molecular complexity index is 349. The van der Waals surface area contributed by atoms with E-state index in [2.05, 4.69) is 54.9 Å². The summed E-state index contributed by atoms with van der Waals surface area (Å²) in [5.74, 6) is 1.75. The summed E-state index contributed by atoms with van der Waals surface area (Å²) in [5.41, 5.74) is 2.57. The number of halogens is 1. The van der Waals surface area contributed by atoms with E-state index in [4.69, 9.17) is 4.74 Å². The molecule has 0 saturated heterocycles. The maximum atomic E-state index is 5.70. The first-order chi connectivity index (χ1) is 8.08. The summed E-state index contributed by atoms with van der Waals surface area (Å²) in [6.45, 7) is 9.41. The minimum atomic E-state index is 0.388. The quantitative estimate of drug-likeness (QED) is 0.650. The van der Waals surface area contributed by atoms with Gasteiger partial charge in [-0.15, -0.1) is 0 Å². The predicted octanol–water partition coefficient (Wildman–Crippen LogP) is 5.27. The fourth-order valence-electron chi connectivity index (χ4n) is 1.85. The highest BCUT2D eigenvalue weighted by Crippen LogP contribution is 2.37. The van der Waals surface area contributed by atoms with Crippen LogP contribution >= 0.6 is 15.9 Å². The molecule has 2 atom stereocenters. The molecule has 0 aliphatic rings. The SMILES string of the molecule is CCOc1ccc(C)cc1C(Br)CC(C)CC. The normalized spacial score (nSPS) is 14.4. The van der Waals surface area contributed by atoms with Gasteiger partial charge in [0.25, 0.3) is 0 Å². The lowest BCUT2D eigenvalue weighted by molar-refractivity contribution is 0.335. The fourth-order valence-corrected chi connectivity index (χ4v) is 2.84. The maximum Gasteiger partial charge on any atom is 0.123 e. The van der Waals surface area contributed by atoms with Crippen molar-refractivity contribution < 1.29 is 4.74 Å². The number of benzene rings is 1. The highest BCUT2D eigenvalue weighted by atomic mass is 79.9. The monoisotopic (exact) mass is 298 g/mol. The van der Waals surface area contributed by atoms with E-state index in [0.29, 0.717) is 4.83 Å². The van der Waals surface area contributed by atoms with Gasteiger partial charge < -0.3 is 4.74 Å². The molecule has 17 heavy (non-hydrogen) atoms. The van der Waals surface area contributed by atoms with E-state index in [9.17, 15) is 0 Å². The molecule has 0 amide bonds. The molecule has 1 nitrogen and oxygen atoms in total. The Hall–Kier alpha value is -0.500. The van der Waals surface area contributed by atoms with Crippen LogP contribution < -0.4 is 4.74 Å². The van der Waals surface area contributed by atoms with Crippen LogP contribution in [0.3, 0.4) is 0 Å². The van der Waals surface area contributed by atoms with Crippen molar-refractivity contribution in [1.82, 2.24) is 0 Å². The predicted molar refractivity (Wildman–Crippen MR) is 78.1 cm³/mol. The van der Waals surface area contributed by atoms with Crippen molar-refractivity contribution in [3.63, 3.8) is 0 Å². The Morgan fingerprint density at radius 1 is 1.29 bits per heavy atom. The van der Waals surface area contributed by atoms with Crippen molar-refractivity contribution in [3.8, 4) is 5.75 Å². The first-order valence-electron chi connectivity index (χ1n) is 6.45. The van der Waals surface area contributed by atoms with Crippen LogP contribution in [0.5, 0.6) is 5.75 Å². The molecule has 0 spiro atoms. The molecule has 1 aromatic carbocycles. The van der Waals surface area contributed by atoms with Crippen molar-refractivity contribution >= 4 is 15.9 Å². The van der Waals surface area contributed by atoms with Gasteiger partial charge in [0.15, 0.2) is 0 Å². The average molecular weight is 299 g/mol. The molecule has 1 aromatic rings. The van der Waals surface area contributed by atoms with E-state index < -0.39 is 0 Å². The molecule has 0 N–H and O–H groups in total. The zero-order valence-corrected chi connectivity index (χ0v) is 12.9. The second-order valence-electron chi connectivity index (χ2n) is 4.69. The number of aryl methyl sites for hydroxylation is 1. The van der Waals surface area contributed by atoms with Gasteiger partial charge in [0.05, 0.1) is 6.61 Å². The number of alkyl halides is 1. The molecule has 0 saturated carbocycles. The molecule has 0 aromatic heterocycles. The second kappa shape index (κ2) is 7.05. The molecule has 0 heterocycles. The highest BCUT2D eigenvalue weighted by molar-refractivity contribution is 9.09. The molecular weight excluding hydrogens is 276 g/mol. The zero-order chi connectivity index (χ0) is 12.8. The van der Waals surface area contributed by atoms with Gasteiger partial charge in [0, 0.05) is 10.4 Å². The molecular formula is C15H23BrO. The summed E-state index contributed by atoms with van der Waals surface area (Å²) in [4.78, 5) is 0.388. The van der Waals surface area contributed by atoms with Gasteiger partial charge in [0.2, 0.25) is 0 Å². The standard InChI is InChI=1S/C15H23BrO/c1-5-11(3)10-14(16)13-9-12(4)7-8-15(13)17-6-2/h7-9,11,14H,5-6,10H2,1-4H3. The number of hydrogen-bond acceptors (Lipinski definition) is 1. The maximum absolute atomic E-state index is 5.70. The first kappa shape index (κ1) is 14.6. The Morgan fingerprint density at radius 2 is 2.00 bits per heavy atom. The lowest BCUT2D eigenvalue weighted by Gasteiger charge is -2.18. The van der Waals surface area contributed by atoms with Crippen LogP contribution in [0.1, 0.15) is 49.6 Å². The molecule has 0 radical (unpaired) electrons. The third-order valence-electron chi connectivity index (χ3n) is 3.11. The van der Waals surface area contributed by atoms with E-state index in [1.54, 1.807) is 0 Å². The van der Waals surface area contributed by atoms with Crippen LogP contribution in [0.4, 0.5) is 0 Å². The van der Waals surface area contributed by atoms with Crippen LogP contribution in [0.25, 0.3) is 0 Å². The highest BCUT2D eigenvalue weighted by Gasteiger charge is 2.15. The molecule has 0 aliphatic heterocycles. The Morgan fingerprint density at radius 3 is 2.59 bits per heavy atom. The Kier molecular flexibility index (Phi) is 6.04. The van der Waals surface area contributed by atoms with Gasteiger partial charge in [-0.2, -0.15) is 0 Å². The van der Waals surface area contributed by atoms with Crippen molar-refractivity contribution in [2.24, 2.45) is 5.92 Å². The molecule has 0 fully saturated rings. The van der Waals surface area contributed by atoms with Crippen molar-refractivity contribution in [2.75, 3.05) is 6.61 Å². The van der Waals surface area contributed by atoms with Gasteiger partial charge in [-0.3, -0.25) is 0 Å². The average Bonchev–Trinajstić information content (AvgIpc) is 2.31. The third-order valence-corrected chi connectivity index (χ3v) is 3.98. The van der Waals surface area contributed by atoms with E-state index in [1.165, 1.54) is 17.5 Å². The number of rotatable bonds is 6. The van der Waals surface area contributed by atoms with Crippen LogP contribution in [0.2, 0.25) is 0 Å². The van der Waals surface area contributed by atoms with Gasteiger partial charge in [-0.1, -0.05) is 53.9 Å². The molecule has 0 aliphatic carbocycles. The van der Waals surface area contributed by atoms with Crippen LogP contribution in [-0.4, -0.2) is 6.61 Å². The summed E-state index contributed by atoms with van der Waals surface area (Å²) in [5, 5.41) is 0. The van der Waals surface area contributed by atoms with Gasteiger partial charge >= 0.3 is 0 Å². The van der Waals surface area contributed by atoms with Crippen LogP contribution in [-0.2, 0) is 0 Å².